The van der Waals surface area contributed by atoms with Crippen LogP contribution in [0.3, 0.4) is 0 Å². The number of rotatable bonds is 8. The number of hydrogen-bond acceptors (Lipinski definition) is 7. The average molecular weight is 391 g/mol. The van der Waals surface area contributed by atoms with Crippen molar-refractivity contribution in [1.29, 1.82) is 0 Å². The Morgan fingerprint density at radius 3 is 2.56 bits per heavy atom. The van der Waals surface area contributed by atoms with Gasteiger partial charge in [-0.05, 0) is 12.8 Å². The number of esters is 1. The molecule has 3 N–H and O–H groups in total. The largest absolute Gasteiger partial charge is 0.467 e. The molecule has 0 aliphatic heterocycles. The topological polar surface area (TPSA) is 112 Å². The molecule has 8 nitrogen and oxygen atoms in total. The number of benzene rings is 1. The molecule has 2 aromatic rings. The average Bonchev–Trinajstić information content (AvgIpc) is 3.04. The van der Waals surface area contributed by atoms with E-state index in [0.717, 1.165) is 29.3 Å². The number of ether oxygens (including phenoxy) is 1. The Hall–Kier alpha value is -2.55. The van der Waals surface area contributed by atoms with E-state index in [1.54, 1.807) is 0 Å². The Morgan fingerprint density at radius 2 is 1.96 bits per heavy atom. The van der Waals surface area contributed by atoms with E-state index >= 15 is 0 Å². The number of hydrogen-bond donors (Lipinski definition) is 2. The van der Waals surface area contributed by atoms with Gasteiger partial charge in [0.15, 0.2) is 5.82 Å². The molecule has 0 spiro atoms. The van der Waals surface area contributed by atoms with E-state index in [1.807, 2.05) is 45.0 Å². The summed E-state index contributed by atoms with van der Waals surface area (Å²) in [7, 11) is 1.31. The van der Waals surface area contributed by atoms with Gasteiger partial charge in [-0.25, -0.2) is 9.47 Å². The van der Waals surface area contributed by atoms with Gasteiger partial charge in [0.05, 0.1) is 12.9 Å². The highest BCUT2D eigenvalue weighted by Gasteiger charge is 2.26. The van der Waals surface area contributed by atoms with Crippen LogP contribution in [0.1, 0.15) is 25.8 Å². The van der Waals surface area contributed by atoms with Crippen molar-refractivity contribution < 1.29 is 14.3 Å². The molecule has 0 radical (unpaired) electrons. The highest BCUT2D eigenvalue weighted by molar-refractivity contribution is 7.99. The fourth-order valence-electron chi connectivity index (χ4n) is 2.42. The van der Waals surface area contributed by atoms with Crippen LogP contribution >= 0.6 is 11.8 Å². The molecule has 0 saturated heterocycles. The van der Waals surface area contributed by atoms with Gasteiger partial charge in [-0.3, -0.25) is 4.79 Å². The van der Waals surface area contributed by atoms with Crippen molar-refractivity contribution in [3.63, 3.8) is 0 Å². The van der Waals surface area contributed by atoms with Crippen LogP contribution in [0, 0.1) is 12.8 Å². The van der Waals surface area contributed by atoms with Gasteiger partial charge < -0.3 is 15.9 Å². The number of aryl methyl sites for hydroxylation is 1. The molecule has 2 atom stereocenters. The van der Waals surface area contributed by atoms with Gasteiger partial charge in [0, 0.05) is 5.56 Å². The molecule has 2 rings (SSSR count). The maximum atomic E-state index is 12.3. The van der Waals surface area contributed by atoms with Gasteiger partial charge in [-0.1, -0.05) is 61.9 Å². The van der Waals surface area contributed by atoms with Gasteiger partial charge in [-0.2, -0.15) is 0 Å². The Kier molecular flexibility index (Phi) is 7.23. The van der Waals surface area contributed by atoms with Crippen LogP contribution < -0.4 is 11.2 Å². The smallest absolute Gasteiger partial charge is 0.328 e. The van der Waals surface area contributed by atoms with E-state index in [2.05, 4.69) is 15.5 Å². The number of nitrogens with two attached hydrogens (primary N) is 1. The molecule has 0 fully saturated rings. The summed E-state index contributed by atoms with van der Waals surface area (Å²) in [5.74, 6) is 5.87. The summed E-state index contributed by atoms with van der Waals surface area (Å²) in [5, 5.41) is 11.3. The maximum Gasteiger partial charge on any atom is 0.328 e. The first-order chi connectivity index (χ1) is 12.9. The van der Waals surface area contributed by atoms with Crippen LogP contribution in [0.5, 0.6) is 0 Å². The van der Waals surface area contributed by atoms with Crippen LogP contribution in [0.15, 0.2) is 29.4 Å². The first kappa shape index (κ1) is 20.8. The molecular formula is C18H25N5O3S. The molecule has 9 heteroatoms. The molecule has 0 aliphatic rings. The van der Waals surface area contributed by atoms with Crippen molar-refractivity contribution in [1.82, 2.24) is 20.2 Å². The summed E-state index contributed by atoms with van der Waals surface area (Å²) in [6.45, 7) is 5.84. The molecule has 1 aromatic heterocycles. The van der Waals surface area contributed by atoms with Crippen molar-refractivity contribution >= 4 is 23.6 Å². The molecule has 1 aromatic carbocycles. The van der Waals surface area contributed by atoms with Crippen LogP contribution in [0.25, 0.3) is 11.4 Å². The number of methoxy groups -OCH3 is 1. The standard InChI is InChI=1S/C18H25N5O3S/c1-5-12(3)15(17(25)26-4)20-14(24)10-27-18-22-21-16(23(18)19)13-8-6-11(2)7-9-13/h6-9,12,15H,5,10,19H2,1-4H3,(H,20,24)/t12-,15-/m0/s1. The summed E-state index contributed by atoms with van der Waals surface area (Å²) in [5.41, 5.74) is 1.98. The lowest BCUT2D eigenvalue weighted by atomic mass is 9.99. The van der Waals surface area contributed by atoms with Crippen LogP contribution in [-0.4, -0.2) is 45.7 Å². The monoisotopic (exact) mass is 391 g/mol. The van der Waals surface area contributed by atoms with E-state index < -0.39 is 12.0 Å². The number of amides is 1. The Labute approximate surface area is 162 Å². The van der Waals surface area contributed by atoms with Gasteiger partial charge in [0.25, 0.3) is 0 Å². The zero-order chi connectivity index (χ0) is 20.0. The summed E-state index contributed by atoms with van der Waals surface area (Å²) < 4.78 is 6.13. The molecular weight excluding hydrogens is 366 g/mol. The van der Waals surface area contributed by atoms with E-state index in [1.165, 1.54) is 11.8 Å². The normalized spacial score (nSPS) is 13.0. The quantitative estimate of drug-likeness (QED) is 0.400. The number of thioether (sulfide) groups is 1. The van der Waals surface area contributed by atoms with Gasteiger partial charge in [0.1, 0.15) is 6.04 Å². The number of carbonyl (C=O) groups excluding carboxylic acids is 2. The molecule has 146 valence electrons. The minimum atomic E-state index is -0.674. The molecule has 0 aliphatic carbocycles. The molecule has 1 heterocycles. The fourth-order valence-corrected chi connectivity index (χ4v) is 3.08. The van der Waals surface area contributed by atoms with Crippen molar-refractivity contribution in [2.75, 3.05) is 18.7 Å². The first-order valence-corrected chi connectivity index (χ1v) is 9.63. The third kappa shape index (κ3) is 5.22. The lowest BCUT2D eigenvalue weighted by molar-refractivity contribution is -0.146. The Bertz CT molecular complexity index is 791. The molecule has 0 bridgehead atoms. The fraction of sp³-hybridized carbons (Fsp3) is 0.444. The number of nitrogens with one attached hydrogen (secondary N) is 1. The van der Waals surface area contributed by atoms with Crippen molar-refractivity contribution in [3.05, 3.63) is 29.8 Å². The molecule has 0 saturated carbocycles. The predicted octanol–water partition coefficient (Wildman–Crippen LogP) is 1.76. The third-order valence-corrected chi connectivity index (χ3v) is 5.23. The SMILES string of the molecule is CC[C@H](C)[C@H](NC(=O)CSc1nnc(-c2ccc(C)cc2)n1N)C(=O)OC. The third-order valence-electron chi connectivity index (χ3n) is 4.29. The lowest BCUT2D eigenvalue weighted by Gasteiger charge is -2.21. The molecule has 0 unspecified atom stereocenters. The van der Waals surface area contributed by atoms with Crippen LogP contribution in [0.4, 0.5) is 0 Å². The highest BCUT2D eigenvalue weighted by Crippen LogP contribution is 2.22. The van der Waals surface area contributed by atoms with E-state index in [4.69, 9.17) is 10.6 Å². The highest BCUT2D eigenvalue weighted by atomic mass is 32.2. The Balaban J connectivity index is 2.01. The zero-order valence-corrected chi connectivity index (χ0v) is 16.7. The van der Waals surface area contributed by atoms with Crippen LogP contribution in [-0.2, 0) is 14.3 Å². The number of carbonyl (C=O) groups is 2. The van der Waals surface area contributed by atoms with E-state index in [0.29, 0.717) is 11.0 Å². The number of aromatic nitrogens is 3. The second-order valence-electron chi connectivity index (χ2n) is 6.28. The lowest BCUT2D eigenvalue weighted by Crippen LogP contribution is -2.46. The van der Waals surface area contributed by atoms with Gasteiger partial charge >= 0.3 is 5.97 Å². The first-order valence-electron chi connectivity index (χ1n) is 8.64. The molecule has 1 amide bonds. The predicted molar refractivity (Wildman–Crippen MR) is 104 cm³/mol. The van der Waals surface area contributed by atoms with E-state index in [9.17, 15) is 9.59 Å². The van der Waals surface area contributed by atoms with Crippen LogP contribution in [0.2, 0.25) is 0 Å². The van der Waals surface area contributed by atoms with Gasteiger partial charge in [0.2, 0.25) is 11.1 Å². The van der Waals surface area contributed by atoms with Crippen molar-refractivity contribution in [2.45, 2.75) is 38.4 Å². The zero-order valence-electron chi connectivity index (χ0n) is 15.9. The summed E-state index contributed by atoms with van der Waals surface area (Å²) in [4.78, 5) is 24.1. The second-order valence-corrected chi connectivity index (χ2v) is 7.23. The number of nitrogens with zero attached hydrogens (tertiary/aromatic N) is 3. The van der Waals surface area contributed by atoms with Gasteiger partial charge in [-0.15, -0.1) is 10.2 Å². The summed E-state index contributed by atoms with van der Waals surface area (Å²) in [6.07, 6.45) is 0.740. The summed E-state index contributed by atoms with van der Waals surface area (Å²) in [6, 6.07) is 7.08. The summed E-state index contributed by atoms with van der Waals surface area (Å²) >= 11 is 1.15. The minimum Gasteiger partial charge on any atom is -0.467 e. The Morgan fingerprint density at radius 1 is 1.30 bits per heavy atom. The second kappa shape index (κ2) is 9.40. The maximum absolute atomic E-state index is 12.3. The van der Waals surface area contributed by atoms with Crippen molar-refractivity contribution in [2.24, 2.45) is 5.92 Å². The minimum absolute atomic E-state index is 0.0299. The molecule has 27 heavy (non-hydrogen) atoms. The number of nitrogen functional groups attached to an aromatic ring is 1. The van der Waals surface area contributed by atoms with E-state index in [-0.39, 0.29) is 17.6 Å². The van der Waals surface area contributed by atoms with Crippen molar-refractivity contribution in [3.8, 4) is 11.4 Å².